The number of rotatable bonds is 11. The topological polar surface area (TPSA) is 0 Å². The molecule has 0 aromatic carbocycles. The van der Waals surface area contributed by atoms with Crippen molar-refractivity contribution in [3.8, 4) is 0 Å². The summed E-state index contributed by atoms with van der Waals surface area (Å²) in [6.45, 7) is 2.30. The van der Waals surface area contributed by atoms with Gasteiger partial charge in [0.05, 0.1) is 0 Å². The van der Waals surface area contributed by atoms with Crippen LogP contribution in [0.1, 0.15) is 70.3 Å². The first kappa shape index (κ1) is 20.1. The van der Waals surface area contributed by atoms with E-state index in [1.54, 1.807) is 17.4 Å². The van der Waals surface area contributed by atoms with E-state index >= 15 is 0 Å². The van der Waals surface area contributed by atoms with Crippen molar-refractivity contribution in [2.75, 3.05) is 0 Å². The van der Waals surface area contributed by atoms with Crippen molar-refractivity contribution in [3.63, 3.8) is 0 Å². The van der Waals surface area contributed by atoms with Gasteiger partial charge >= 0.3 is 152 Å². The molecule has 0 amide bonds. The summed E-state index contributed by atoms with van der Waals surface area (Å²) in [6, 6.07) is 2.58. The van der Waals surface area contributed by atoms with E-state index in [-0.39, 0.29) is 0 Å². The molecule has 0 spiro atoms. The fraction of sp³-hybridized carbons (Fsp3) is 0.700. The van der Waals surface area contributed by atoms with Crippen LogP contribution in [0.4, 0.5) is 0 Å². The second kappa shape index (κ2) is 10.0. The molecule has 0 aliphatic heterocycles. The van der Waals surface area contributed by atoms with Crippen LogP contribution in [0.5, 0.6) is 0 Å². The zero-order chi connectivity index (χ0) is 16.7. The Morgan fingerprint density at radius 1 is 0.913 bits per heavy atom. The van der Waals surface area contributed by atoms with Gasteiger partial charge in [-0.25, -0.2) is 0 Å². The molecule has 0 radical (unpaired) electrons. The number of fused-ring (bicyclic) bond motifs is 1. The number of hydrogen-bond acceptors (Lipinski definition) is 1. The molecule has 2 rings (SSSR count). The SMILES string of the molecule is CCCCCCCCCCCc1c[se]c2c[c]([Sn]([CH3])([CH3])[CH3])sc12. The summed E-state index contributed by atoms with van der Waals surface area (Å²) in [5.74, 6) is 0. The molecule has 0 fully saturated rings. The van der Waals surface area contributed by atoms with Gasteiger partial charge in [-0.3, -0.25) is 0 Å². The third-order valence-electron chi connectivity index (χ3n) is 4.61. The van der Waals surface area contributed by atoms with Gasteiger partial charge in [0.15, 0.2) is 0 Å². The zero-order valence-electron chi connectivity index (χ0n) is 15.5. The first-order valence-electron chi connectivity index (χ1n) is 9.52. The van der Waals surface area contributed by atoms with Crippen molar-refractivity contribution in [1.29, 1.82) is 0 Å². The fourth-order valence-corrected chi connectivity index (χ4v) is 12.8. The van der Waals surface area contributed by atoms with Gasteiger partial charge < -0.3 is 0 Å². The van der Waals surface area contributed by atoms with Crippen LogP contribution in [0.25, 0.3) is 8.96 Å². The molecule has 2 heterocycles. The number of unbranched alkanes of at least 4 members (excludes halogenated alkanes) is 8. The Morgan fingerprint density at radius 2 is 1.52 bits per heavy atom. The van der Waals surface area contributed by atoms with Gasteiger partial charge in [-0.2, -0.15) is 0 Å². The molecule has 0 nitrogen and oxygen atoms in total. The maximum atomic E-state index is 2.58. The van der Waals surface area contributed by atoms with Crippen LogP contribution in [0.2, 0.25) is 14.8 Å². The van der Waals surface area contributed by atoms with Crippen LogP contribution in [-0.2, 0) is 6.42 Å². The zero-order valence-corrected chi connectivity index (χ0v) is 20.9. The van der Waals surface area contributed by atoms with Crippen LogP contribution in [0.3, 0.4) is 0 Å². The Morgan fingerprint density at radius 3 is 2.13 bits per heavy atom. The molecular formula is C20H34SSeSn. The fourth-order valence-electron chi connectivity index (χ4n) is 3.04. The van der Waals surface area contributed by atoms with E-state index in [0.29, 0.717) is 14.5 Å². The van der Waals surface area contributed by atoms with Crippen LogP contribution < -0.4 is 2.89 Å². The van der Waals surface area contributed by atoms with Gasteiger partial charge in [0.25, 0.3) is 0 Å². The third kappa shape index (κ3) is 6.53. The molecule has 0 N–H and O–H groups in total. The third-order valence-corrected chi connectivity index (χ3v) is 17.6. The van der Waals surface area contributed by atoms with Crippen molar-refractivity contribution in [1.82, 2.24) is 0 Å². The van der Waals surface area contributed by atoms with Gasteiger partial charge in [-0.15, -0.1) is 0 Å². The molecule has 130 valence electrons. The average molecular weight is 504 g/mol. The maximum absolute atomic E-state index is 2.58. The summed E-state index contributed by atoms with van der Waals surface area (Å²) >= 11 is 0.942. The summed E-state index contributed by atoms with van der Waals surface area (Å²) in [4.78, 5) is 10.2. The van der Waals surface area contributed by atoms with Gasteiger partial charge in [-0.05, 0) is 0 Å². The first-order valence-corrected chi connectivity index (χ1v) is 22.2. The van der Waals surface area contributed by atoms with E-state index in [1.807, 2.05) is 0 Å². The number of hydrogen-bond donors (Lipinski definition) is 0. The molecule has 0 atom stereocenters. The molecule has 0 aliphatic rings. The van der Waals surface area contributed by atoms with Crippen molar-refractivity contribution in [2.24, 2.45) is 0 Å². The van der Waals surface area contributed by atoms with Crippen LogP contribution in [-0.4, -0.2) is 32.9 Å². The van der Waals surface area contributed by atoms with E-state index in [9.17, 15) is 0 Å². The summed E-state index contributed by atoms with van der Waals surface area (Å²) in [6.07, 6.45) is 14.3. The molecule has 2 aromatic heterocycles. The van der Waals surface area contributed by atoms with Gasteiger partial charge in [0, 0.05) is 0 Å². The quantitative estimate of drug-likeness (QED) is 0.240. The van der Waals surface area contributed by atoms with E-state index in [0.717, 1.165) is 0 Å². The Balaban J connectivity index is 1.70. The monoisotopic (exact) mass is 506 g/mol. The van der Waals surface area contributed by atoms with Gasteiger partial charge in [0.2, 0.25) is 0 Å². The minimum atomic E-state index is -1.85. The number of aryl methyl sites for hydroxylation is 1. The Labute approximate surface area is 157 Å². The molecule has 3 heteroatoms. The molecular weight excluding hydrogens is 470 g/mol. The van der Waals surface area contributed by atoms with Crippen molar-refractivity contribution in [2.45, 2.75) is 86.0 Å². The van der Waals surface area contributed by atoms with Gasteiger partial charge in [0.1, 0.15) is 0 Å². The van der Waals surface area contributed by atoms with Gasteiger partial charge in [-0.1, -0.05) is 6.92 Å². The van der Waals surface area contributed by atoms with E-state index in [4.69, 9.17) is 0 Å². The molecule has 0 aliphatic carbocycles. The van der Waals surface area contributed by atoms with Crippen LogP contribution >= 0.6 is 11.3 Å². The van der Waals surface area contributed by atoms with E-state index in [1.165, 1.54) is 64.2 Å². The molecule has 0 saturated heterocycles. The Hall–Kier alpha value is 0.758. The Bertz CT molecular complexity index is 576. The van der Waals surface area contributed by atoms with Crippen LogP contribution in [0, 0.1) is 0 Å². The summed E-state index contributed by atoms with van der Waals surface area (Å²) < 4.78 is 5.17. The molecule has 2 aromatic rings. The van der Waals surface area contributed by atoms with E-state index < -0.39 is 18.4 Å². The second-order valence-electron chi connectivity index (χ2n) is 7.89. The standard InChI is InChI=1S/C17H25SSe.3CH3.Sn/c1-2-3-4-5-6-7-8-9-10-11-15-14-19-16-12-13-18-17(15)16;;;;/h12,14H,2-11H2,1H3;3*1H3;. The molecule has 0 unspecified atom stereocenters. The van der Waals surface area contributed by atoms with Crippen molar-refractivity contribution in [3.05, 3.63) is 16.6 Å². The normalized spacial score (nSPS) is 12.3. The molecule has 23 heavy (non-hydrogen) atoms. The predicted octanol–water partition coefficient (Wildman–Crippen LogP) is 6.58. The molecule has 0 bridgehead atoms. The predicted molar refractivity (Wildman–Crippen MR) is 113 cm³/mol. The number of thiophene rings is 1. The second-order valence-corrected chi connectivity index (χ2v) is 26.3. The Kier molecular flexibility index (Phi) is 8.76. The minimum absolute atomic E-state index is 0.635. The first-order chi connectivity index (χ1) is 11.0. The van der Waals surface area contributed by atoms with Crippen molar-refractivity contribution < 1.29 is 0 Å². The summed E-state index contributed by atoms with van der Waals surface area (Å²) in [5, 5.41) is 0. The summed E-state index contributed by atoms with van der Waals surface area (Å²) in [7, 11) is 0. The van der Waals surface area contributed by atoms with E-state index in [2.05, 4.69) is 44.1 Å². The average Bonchev–Trinajstić information content (AvgIpc) is 3.06. The molecule has 0 saturated carbocycles. The van der Waals surface area contributed by atoms with Crippen LogP contribution in [0.15, 0.2) is 11.0 Å². The summed E-state index contributed by atoms with van der Waals surface area (Å²) in [5.41, 5.74) is 1.70. The van der Waals surface area contributed by atoms with Crippen molar-refractivity contribution >= 4 is 56.1 Å².